The van der Waals surface area contributed by atoms with Crippen LogP contribution in [0.25, 0.3) is 5.69 Å². The molecule has 0 radical (unpaired) electrons. The second kappa shape index (κ2) is 9.41. The number of tetrazole rings is 1. The number of nitrogens with zero attached hydrogens (tertiary/aromatic N) is 5. The second-order valence-corrected chi connectivity index (χ2v) is 8.19. The molecule has 1 atom stereocenters. The Morgan fingerprint density at radius 2 is 1.86 bits per heavy atom. The van der Waals surface area contributed by atoms with Crippen LogP contribution in [0.15, 0.2) is 60.9 Å². The Balaban J connectivity index is 1.21. The van der Waals surface area contributed by atoms with Gasteiger partial charge in [0.25, 0.3) is 0 Å². The van der Waals surface area contributed by atoms with Crippen LogP contribution in [0, 0.1) is 13.8 Å². The molecule has 5 rings (SSSR count). The third-order valence-corrected chi connectivity index (χ3v) is 5.88. The van der Waals surface area contributed by atoms with Gasteiger partial charge >= 0.3 is 5.97 Å². The maximum atomic E-state index is 12.9. The molecule has 10 nitrogen and oxygen atoms in total. The number of ketones is 1. The van der Waals surface area contributed by atoms with Crippen LogP contribution in [-0.2, 0) is 11.3 Å². The topological polar surface area (TPSA) is 110 Å². The fraction of sp³-hybridized carbons (Fsp3) is 0.240. The first-order chi connectivity index (χ1) is 17.0. The van der Waals surface area contributed by atoms with Crippen molar-refractivity contribution < 1.29 is 23.8 Å². The molecule has 0 N–H and O–H groups in total. The molecule has 4 aromatic rings. The van der Waals surface area contributed by atoms with Gasteiger partial charge in [0.1, 0.15) is 12.9 Å². The normalized spacial score (nSPS) is 14.5. The number of hydrogen-bond donors (Lipinski definition) is 0. The molecule has 0 fully saturated rings. The number of fused-ring (bicyclic) bond motifs is 1. The molecule has 2 aromatic heterocycles. The maximum Gasteiger partial charge on any atom is 0.338 e. The molecule has 0 amide bonds. The summed E-state index contributed by atoms with van der Waals surface area (Å²) in [6.45, 7) is 4.40. The van der Waals surface area contributed by atoms with Gasteiger partial charge in [0.05, 0.1) is 17.8 Å². The molecule has 35 heavy (non-hydrogen) atoms. The SMILES string of the molecule is Cc1cc(C(=O)COC(=O)c2ccc(-n3cnnn3)cc2)c(C)n1C[C@@H]1COc2ccccc2O1. The summed E-state index contributed by atoms with van der Waals surface area (Å²) in [4.78, 5) is 25.3. The molecule has 1 aliphatic rings. The number of ether oxygens (including phenoxy) is 3. The van der Waals surface area contributed by atoms with Gasteiger partial charge in [0, 0.05) is 17.0 Å². The van der Waals surface area contributed by atoms with Crippen molar-refractivity contribution in [1.29, 1.82) is 0 Å². The third kappa shape index (κ3) is 4.63. The van der Waals surface area contributed by atoms with Gasteiger partial charge in [0.15, 0.2) is 24.2 Å². The van der Waals surface area contributed by atoms with Crippen molar-refractivity contribution >= 4 is 11.8 Å². The second-order valence-electron chi connectivity index (χ2n) is 8.19. The smallest absolute Gasteiger partial charge is 0.338 e. The summed E-state index contributed by atoms with van der Waals surface area (Å²) in [5.41, 5.74) is 3.25. The summed E-state index contributed by atoms with van der Waals surface area (Å²) in [7, 11) is 0. The standard InChI is InChI=1S/C25H23N5O5/c1-16-11-21(17(2)29(16)12-20-13-33-23-5-3-4-6-24(23)35-20)22(31)14-34-25(32)18-7-9-19(10-8-18)30-15-26-27-28-30/h3-11,15,20H,12-14H2,1-2H3/t20-/m1/s1. The van der Waals surface area contributed by atoms with E-state index in [0.29, 0.717) is 35.7 Å². The zero-order chi connectivity index (χ0) is 24.4. The Hall–Kier alpha value is -4.47. The number of para-hydroxylation sites is 2. The van der Waals surface area contributed by atoms with E-state index >= 15 is 0 Å². The van der Waals surface area contributed by atoms with Crippen LogP contribution in [0.3, 0.4) is 0 Å². The first kappa shape index (κ1) is 22.3. The minimum Gasteiger partial charge on any atom is -0.486 e. The minimum absolute atomic E-state index is 0.188. The van der Waals surface area contributed by atoms with Crippen molar-refractivity contribution in [2.75, 3.05) is 13.2 Å². The van der Waals surface area contributed by atoms with Crippen molar-refractivity contribution in [2.24, 2.45) is 0 Å². The zero-order valence-corrected chi connectivity index (χ0v) is 19.2. The summed E-state index contributed by atoms with van der Waals surface area (Å²) < 4.78 is 20.6. The van der Waals surface area contributed by atoms with Crippen LogP contribution < -0.4 is 9.47 Å². The van der Waals surface area contributed by atoms with Crippen molar-refractivity contribution in [1.82, 2.24) is 24.8 Å². The number of aryl methyl sites for hydroxylation is 1. The van der Waals surface area contributed by atoms with Gasteiger partial charge in [-0.25, -0.2) is 9.48 Å². The number of aromatic nitrogens is 5. The van der Waals surface area contributed by atoms with Gasteiger partial charge in [-0.2, -0.15) is 0 Å². The molecule has 0 spiro atoms. The highest BCUT2D eigenvalue weighted by atomic mass is 16.6. The minimum atomic E-state index is -0.582. The lowest BCUT2D eigenvalue weighted by molar-refractivity contribution is 0.0474. The van der Waals surface area contributed by atoms with Gasteiger partial charge in [-0.05, 0) is 66.7 Å². The van der Waals surface area contributed by atoms with E-state index < -0.39 is 5.97 Å². The first-order valence-corrected chi connectivity index (χ1v) is 11.1. The lowest BCUT2D eigenvalue weighted by Gasteiger charge is -2.27. The van der Waals surface area contributed by atoms with E-state index in [1.807, 2.05) is 48.7 Å². The van der Waals surface area contributed by atoms with E-state index in [2.05, 4.69) is 15.5 Å². The zero-order valence-electron chi connectivity index (χ0n) is 19.2. The Bertz CT molecular complexity index is 1360. The summed E-state index contributed by atoms with van der Waals surface area (Å²) in [6, 6.07) is 15.9. The fourth-order valence-electron chi connectivity index (χ4n) is 4.04. The van der Waals surface area contributed by atoms with Gasteiger partial charge in [0.2, 0.25) is 5.78 Å². The fourth-order valence-corrected chi connectivity index (χ4v) is 4.04. The highest BCUT2D eigenvalue weighted by molar-refractivity contribution is 6.00. The molecule has 0 aliphatic carbocycles. The van der Waals surface area contributed by atoms with Gasteiger partial charge < -0.3 is 18.8 Å². The predicted molar refractivity (Wildman–Crippen MR) is 124 cm³/mol. The number of carbonyl (C=O) groups excluding carboxylic acids is 2. The Morgan fingerprint density at radius 3 is 2.60 bits per heavy atom. The highest BCUT2D eigenvalue weighted by Gasteiger charge is 2.24. The summed E-state index contributed by atoms with van der Waals surface area (Å²) in [5.74, 6) is 0.587. The largest absolute Gasteiger partial charge is 0.486 e. The maximum absolute atomic E-state index is 12.9. The average molecular weight is 473 g/mol. The highest BCUT2D eigenvalue weighted by Crippen LogP contribution is 2.31. The van der Waals surface area contributed by atoms with Gasteiger partial charge in [-0.3, -0.25) is 4.79 Å². The lowest BCUT2D eigenvalue weighted by Crippen LogP contribution is -2.33. The number of rotatable bonds is 7. The number of esters is 1. The van der Waals surface area contributed by atoms with E-state index in [0.717, 1.165) is 17.1 Å². The van der Waals surface area contributed by atoms with Crippen molar-refractivity contribution in [3.8, 4) is 17.2 Å². The molecule has 10 heteroatoms. The lowest BCUT2D eigenvalue weighted by atomic mass is 10.1. The van der Waals surface area contributed by atoms with Crippen molar-refractivity contribution in [3.05, 3.63) is 83.4 Å². The van der Waals surface area contributed by atoms with Gasteiger partial charge in [-0.15, -0.1) is 5.10 Å². The molecule has 1 aliphatic heterocycles. The van der Waals surface area contributed by atoms with Crippen molar-refractivity contribution in [2.45, 2.75) is 26.5 Å². The van der Waals surface area contributed by atoms with E-state index in [1.165, 1.54) is 11.0 Å². The Kier molecular flexibility index (Phi) is 6.01. The molecule has 0 saturated heterocycles. The molecule has 178 valence electrons. The van der Waals surface area contributed by atoms with Crippen LogP contribution >= 0.6 is 0 Å². The Morgan fingerprint density at radius 1 is 1.09 bits per heavy atom. The van der Waals surface area contributed by atoms with E-state index in [9.17, 15) is 9.59 Å². The van der Waals surface area contributed by atoms with Gasteiger partial charge in [-0.1, -0.05) is 12.1 Å². The predicted octanol–water partition coefficient (Wildman–Crippen LogP) is 2.96. The number of hydrogen-bond acceptors (Lipinski definition) is 8. The Labute approximate surface area is 201 Å². The summed E-state index contributed by atoms with van der Waals surface area (Å²) in [5, 5.41) is 11.0. The van der Waals surface area contributed by atoms with Crippen LogP contribution in [0.4, 0.5) is 0 Å². The van der Waals surface area contributed by atoms with Crippen LogP contribution in [0.5, 0.6) is 11.5 Å². The number of Topliss-reactive ketones (excluding diaryl/α,β-unsaturated/α-hetero) is 1. The molecule has 3 heterocycles. The van der Waals surface area contributed by atoms with E-state index in [1.54, 1.807) is 24.3 Å². The number of carbonyl (C=O) groups is 2. The van der Waals surface area contributed by atoms with Crippen LogP contribution in [0.2, 0.25) is 0 Å². The van der Waals surface area contributed by atoms with Crippen LogP contribution in [0.1, 0.15) is 32.1 Å². The molecule has 0 saturated carbocycles. The molecule has 0 bridgehead atoms. The first-order valence-electron chi connectivity index (χ1n) is 11.1. The molecular weight excluding hydrogens is 450 g/mol. The molecule has 0 unspecified atom stereocenters. The van der Waals surface area contributed by atoms with Crippen LogP contribution in [-0.4, -0.2) is 55.8 Å². The van der Waals surface area contributed by atoms with E-state index in [4.69, 9.17) is 14.2 Å². The molecular formula is C25H23N5O5. The third-order valence-electron chi connectivity index (χ3n) is 5.88. The van der Waals surface area contributed by atoms with E-state index in [-0.39, 0.29) is 18.5 Å². The number of benzene rings is 2. The average Bonchev–Trinajstić information content (AvgIpc) is 3.52. The molecule has 2 aromatic carbocycles. The monoisotopic (exact) mass is 473 g/mol. The quantitative estimate of drug-likeness (QED) is 0.298. The summed E-state index contributed by atoms with van der Waals surface area (Å²) in [6.07, 6.45) is 1.26. The van der Waals surface area contributed by atoms with Crippen molar-refractivity contribution in [3.63, 3.8) is 0 Å². The summed E-state index contributed by atoms with van der Waals surface area (Å²) >= 11 is 0.